The molecule has 1 aromatic heterocycles. The highest BCUT2D eigenvalue weighted by Gasteiger charge is 2.09. The summed E-state index contributed by atoms with van der Waals surface area (Å²) >= 11 is 1.32. The highest BCUT2D eigenvalue weighted by molar-refractivity contribution is 7.12. The van der Waals surface area contributed by atoms with Gasteiger partial charge in [0.1, 0.15) is 16.4 Å². The highest BCUT2D eigenvalue weighted by Crippen LogP contribution is 2.16. The summed E-state index contributed by atoms with van der Waals surface area (Å²) in [7, 11) is 0. The minimum Gasteiger partial charge on any atom is -0.508 e. The summed E-state index contributed by atoms with van der Waals surface area (Å²) in [6.07, 6.45) is 1.66. The summed E-state index contributed by atoms with van der Waals surface area (Å²) < 4.78 is 5.27. The molecule has 0 saturated carbocycles. The summed E-state index contributed by atoms with van der Waals surface area (Å²) in [5.41, 5.74) is 3.97. The summed E-state index contributed by atoms with van der Waals surface area (Å²) in [6, 6.07) is 16.7. The number of benzene rings is 2. The SMILES string of the molecule is O=C(Cc1ccc(O)cc1)N/N=C\c1ccc(OC(=O)c2cccs2)cc1. The van der Waals surface area contributed by atoms with E-state index in [1.54, 1.807) is 48.5 Å². The molecule has 0 aliphatic rings. The van der Waals surface area contributed by atoms with Crippen LogP contribution < -0.4 is 10.2 Å². The Balaban J connectivity index is 1.49. The minimum absolute atomic E-state index is 0.154. The molecule has 2 aromatic carbocycles. The van der Waals surface area contributed by atoms with Crippen molar-refractivity contribution in [3.63, 3.8) is 0 Å². The molecule has 0 bridgehead atoms. The fraction of sp³-hybridized carbons (Fsp3) is 0.0500. The van der Waals surface area contributed by atoms with Gasteiger partial charge in [-0.3, -0.25) is 4.79 Å². The van der Waals surface area contributed by atoms with Crippen LogP contribution in [0.25, 0.3) is 0 Å². The van der Waals surface area contributed by atoms with Gasteiger partial charge in [0.2, 0.25) is 5.91 Å². The molecule has 0 aliphatic heterocycles. The summed E-state index contributed by atoms with van der Waals surface area (Å²) in [6.45, 7) is 0. The van der Waals surface area contributed by atoms with Crippen molar-refractivity contribution < 1.29 is 19.4 Å². The molecule has 6 nitrogen and oxygen atoms in total. The number of thiophene rings is 1. The Kier molecular flexibility index (Phi) is 5.96. The second-order valence-corrected chi connectivity index (χ2v) is 6.52. The number of hydrogen-bond donors (Lipinski definition) is 2. The lowest BCUT2D eigenvalue weighted by molar-refractivity contribution is -0.120. The van der Waals surface area contributed by atoms with Crippen LogP contribution in [0.3, 0.4) is 0 Å². The van der Waals surface area contributed by atoms with Gasteiger partial charge >= 0.3 is 5.97 Å². The number of nitrogens with zero attached hydrogens (tertiary/aromatic N) is 1. The first kappa shape index (κ1) is 18.3. The van der Waals surface area contributed by atoms with Crippen LogP contribution in [0.4, 0.5) is 0 Å². The summed E-state index contributed by atoms with van der Waals surface area (Å²) in [5, 5.41) is 14.9. The molecule has 1 heterocycles. The molecule has 0 atom stereocenters. The second kappa shape index (κ2) is 8.77. The van der Waals surface area contributed by atoms with Crippen molar-refractivity contribution in [2.24, 2.45) is 5.10 Å². The number of carbonyl (C=O) groups is 2. The van der Waals surface area contributed by atoms with Gasteiger partial charge in [0.05, 0.1) is 12.6 Å². The Morgan fingerprint density at radius 2 is 1.81 bits per heavy atom. The van der Waals surface area contributed by atoms with Crippen LogP contribution >= 0.6 is 11.3 Å². The number of nitrogens with one attached hydrogen (secondary N) is 1. The Morgan fingerprint density at radius 3 is 2.48 bits per heavy atom. The zero-order chi connectivity index (χ0) is 19.1. The van der Waals surface area contributed by atoms with E-state index in [2.05, 4.69) is 10.5 Å². The predicted octanol–water partition coefficient (Wildman–Crippen LogP) is 3.37. The lowest BCUT2D eigenvalue weighted by Crippen LogP contribution is -2.19. The first-order chi connectivity index (χ1) is 13.1. The molecular weight excluding hydrogens is 364 g/mol. The lowest BCUT2D eigenvalue weighted by atomic mass is 10.1. The maximum atomic E-state index is 11.9. The number of carbonyl (C=O) groups excluding carboxylic acids is 2. The van der Waals surface area contributed by atoms with E-state index in [1.165, 1.54) is 29.7 Å². The van der Waals surface area contributed by atoms with E-state index in [9.17, 15) is 14.7 Å². The first-order valence-corrected chi connectivity index (χ1v) is 8.94. The largest absolute Gasteiger partial charge is 0.508 e. The minimum atomic E-state index is -0.395. The van der Waals surface area contributed by atoms with Gasteiger partial charge in [-0.05, 0) is 59.0 Å². The molecule has 3 aromatic rings. The Labute approximate surface area is 159 Å². The van der Waals surface area contributed by atoms with Crippen LogP contribution in [-0.2, 0) is 11.2 Å². The van der Waals surface area contributed by atoms with Gasteiger partial charge in [-0.25, -0.2) is 10.2 Å². The lowest BCUT2D eigenvalue weighted by Gasteiger charge is -2.03. The summed E-state index contributed by atoms with van der Waals surface area (Å²) in [5.74, 6) is -0.0741. The van der Waals surface area contributed by atoms with Crippen LogP contribution in [0.1, 0.15) is 20.8 Å². The number of phenolic OH excluding ortho intramolecular Hbond substituents is 1. The van der Waals surface area contributed by atoms with Crippen LogP contribution in [0.15, 0.2) is 71.1 Å². The van der Waals surface area contributed by atoms with Gasteiger partial charge in [-0.2, -0.15) is 5.10 Å². The topological polar surface area (TPSA) is 88.0 Å². The Bertz CT molecular complexity index is 933. The number of hydrogen-bond acceptors (Lipinski definition) is 6. The second-order valence-electron chi connectivity index (χ2n) is 5.57. The maximum Gasteiger partial charge on any atom is 0.353 e. The van der Waals surface area contributed by atoms with Gasteiger partial charge in [0.15, 0.2) is 0 Å². The van der Waals surface area contributed by atoms with E-state index in [0.717, 1.165) is 11.1 Å². The molecule has 0 radical (unpaired) electrons. The standard InChI is InChI=1S/C20H16N2O4S/c23-16-7-3-14(4-8-16)12-19(24)22-21-13-15-5-9-17(10-6-15)26-20(25)18-2-1-11-27-18/h1-11,13,23H,12H2,(H,22,24)/b21-13-. The van der Waals surface area contributed by atoms with Crippen LogP contribution in [0.5, 0.6) is 11.5 Å². The van der Waals surface area contributed by atoms with Crippen molar-refractivity contribution in [1.82, 2.24) is 5.43 Å². The monoisotopic (exact) mass is 380 g/mol. The van der Waals surface area contributed by atoms with Gasteiger partial charge in [-0.1, -0.05) is 18.2 Å². The molecule has 27 heavy (non-hydrogen) atoms. The molecule has 0 unspecified atom stereocenters. The third-order valence-electron chi connectivity index (χ3n) is 3.52. The molecule has 3 rings (SSSR count). The number of ether oxygens (including phenoxy) is 1. The molecule has 7 heteroatoms. The molecule has 0 fully saturated rings. The number of esters is 1. The van der Waals surface area contributed by atoms with Crippen molar-refractivity contribution in [3.05, 3.63) is 82.0 Å². The number of rotatable bonds is 6. The zero-order valence-corrected chi connectivity index (χ0v) is 15.0. The maximum absolute atomic E-state index is 11.9. The van der Waals surface area contributed by atoms with Crippen LogP contribution in [0.2, 0.25) is 0 Å². The van der Waals surface area contributed by atoms with Crippen molar-refractivity contribution in [1.29, 1.82) is 0 Å². The van der Waals surface area contributed by atoms with E-state index in [-0.39, 0.29) is 18.1 Å². The molecule has 2 N–H and O–H groups in total. The van der Waals surface area contributed by atoms with E-state index in [0.29, 0.717) is 10.6 Å². The number of amides is 1. The predicted molar refractivity (Wildman–Crippen MR) is 103 cm³/mol. The third-order valence-corrected chi connectivity index (χ3v) is 4.37. The zero-order valence-electron chi connectivity index (χ0n) is 14.2. The highest BCUT2D eigenvalue weighted by atomic mass is 32.1. The molecular formula is C20H16N2O4S. The molecule has 1 amide bonds. The van der Waals surface area contributed by atoms with Crippen LogP contribution in [0, 0.1) is 0 Å². The van der Waals surface area contributed by atoms with Gasteiger partial charge in [0.25, 0.3) is 0 Å². The molecule has 0 aliphatic carbocycles. The third kappa shape index (κ3) is 5.52. The fourth-order valence-corrected chi connectivity index (χ4v) is 2.79. The van der Waals surface area contributed by atoms with Crippen molar-refractivity contribution in [3.8, 4) is 11.5 Å². The van der Waals surface area contributed by atoms with Gasteiger partial charge in [-0.15, -0.1) is 11.3 Å². The molecule has 0 saturated heterocycles. The Hall–Kier alpha value is -3.45. The van der Waals surface area contributed by atoms with Crippen molar-refractivity contribution >= 4 is 29.4 Å². The summed E-state index contributed by atoms with van der Waals surface area (Å²) in [4.78, 5) is 24.2. The van der Waals surface area contributed by atoms with E-state index in [4.69, 9.17) is 4.74 Å². The number of aromatic hydroxyl groups is 1. The van der Waals surface area contributed by atoms with Crippen molar-refractivity contribution in [2.75, 3.05) is 0 Å². The van der Waals surface area contributed by atoms with E-state index in [1.807, 2.05) is 5.38 Å². The smallest absolute Gasteiger partial charge is 0.353 e. The van der Waals surface area contributed by atoms with E-state index >= 15 is 0 Å². The fourth-order valence-electron chi connectivity index (χ4n) is 2.19. The van der Waals surface area contributed by atoms with Crippen molar-refractivity contribution in [2.45, 2.75) is 6.42 Å². The normalized spacial score (nSPS) is 10.7. The Morgan fingerprint density at radius 1 is 1.07 bits per heavy atom. The average molecular weight is 380 g/mol. The first-order valence-electron chi connectivity index (χ1n) is 8.06. The molecule has 136 valence electrons. The molecule has 0 spiro atoms. The van der Waals surface area contributed by atoms with E-state index < -0.39 is 5.97 Å². The quantitative estimate of drug-likeness (QED) is 0.297. The van der Waals surface area contributed by atoms with Gasteiger partial charge < -0.3 is 9.84 Å². The number of hydrazone groups is 1. The van der Waals surface area contributed by atoms with Crippen LogP contribution in [-0.4, -0.2) is 23.2 Å². The number of phenols is 1. The van der Waals surface area contributed by atoms with Gasteiger partial charge in [0, 0.05) is 0 Å². The average Bonchev–Trinajstić information content (AvgIpc) is 3.20.